The molecule has 3 heteroatoms. The summed E-state index contributed by atoms with van der Waals surface area (Å²) in [5, 5.41) is 4.60. The molecular formula is C14H19N3. The van der Waals surface area contributed by atoms with Crippen LogP contribution in [0.2, 0.25) is 0 Å². The van der Waals surface area contributed by atoms with Crippen LogP contribution in [0.1, 0.15) is 20.8 Å². The fourth-order valence-corrected chi connectivity index (χ4v) is 1.74. The van der Waals surface area contributed by atoms with Crippen LogP contribution < -0.4 is 11.1 Å². The summed E-state index contributed by atoms with van der Waals surface area (Å²) in [6.07, 6.45) is 1.80. The molecule has 0 aliphatic heterocycles. The average Bonchev–Trinajstić information content (AvgIpc) is 2.30. The van der Waals surface area contributed by atoms with Crippen LogP contribution in [-0.4, -0.2) is 11.0 Å². The summed E-state index contributed by atoms with van der Waals surface area (Å²) in [7, 11) is 0. The van der Waals surface area contributed by atoms with Crippen LogP contribution in [0.15, 0.2) is 30.5 Å². The summed E-state index contributed by atoms with van der Waals surface area (Å²) in [5.74, 6) is 0.583. The van der Waals surface area contributed by atoms with E-state index in [4.69, 9.17) is 5.73 Å². The van der Waals surface area contributed by atoms with Crippen LogP contribution >= 0.6 is 0 Å². The third-order valence-electron chi connectivity index (χ3n) is 3.19. The quantitative estimate of drug-likeness (QED) is 0.794. The Balaban J connectivity index is 2.44. The van der Waals surface area contributed by atoms with Crippen molar-refractivity contribution in [1.82, 2.24) is 4.98 Å². The molecule has 0 bridgehead atoms. The number of fused-ring (bicyclic) bond motifs is 1. The number of aromatic nitrogens is 1. The van der Waals surface area contributed by atoms with Crippen molar-refractivity contribution in [3.05, 3.63) is 30.5 Å². The first-order valence-corrected chi connectivity index (χ1v) is 5.99. The third-order valence-corrected chi connectivity index (χ3v) is 3.19. The van der Waals surface area contributed by atoms with Crippen LogP contribution in [0.25, 0.3) is 10.9 Å². The Kier molecular flexibility index (Phi) is 3.18. The van der Waals surface area contributed by atoms with Gasteiger partial charge in [-0.15, -0.1) is 0 Å². The van der Waals surface area contributed by atoms with Crippen LogP contribution in [-0.2, 0) is 0 Å². The first kappa shape index (κ1) is 11.7. The van der Waals surface area contributed by atoms with Crippen LogP contribution in [0, 0.1) is 5.92 Å². The van der Waals surface area contributed by atoms with Crippen molar-refractivity contribution in [3.8, 4) is 0 Å². The molecule has 0 aliphatic rings. The van der Waals surface area contributed by atoms with E-state index in [0.717, 1.165) is 22.3 Å². The topological polar surface area (TPSA) is 50.9 Å². The van der Waals surface area contributed by atoms with Crippen molar-refractivity contribution in [1.29, 1.82) is 0 Å². The number of benzene rings is 1. The lowest BCUT2D eigenvalue weighted by atomic mass is 10.1. The smallest absolute Gasteiger partial charge is 0.0951 e. The SMILES string of the molecule is CC(C)C(C)Nc1ccnc2c(N)cccc12. The highest BCUT2D eigenvalue weighted by molar-refractivity contribution is 5.97. The number of nitrogen functional groups attached to an aromatic ring is 1. The first-order valence-electron chi connectivity index (χ1n) is 5.99. The number of anilines is 2. The summed E-state index contributed by atoms with van der Waals surface area (Å²) < 4.78 is 0. The first-order chi connectivity index (χ1) is 8.09. The van der Waals surface area contributed by atoms with Crippen molar-refractivity contribution in [3.63, 3.8) is 0 Å². The highest BCUT2D eigenvalue weighted by Crippen LogP contribution is 2.26. The van der Waals surface area contributed by atoms with Gasteiger partial charge in [-0.25, -0.2) is 0 Å². The van der Waals surface area contributed by atoms with Gasteiger partial charge in [-0.3, -0.25) is 4.98 Å². The van der Waals surface area contributed by atoms with Gasteiger partial charge in [0.1, 0.15) is 0 Å². The maximum atomic E-state index is 5.93. The lowest BCUT2D eigenvalue weighted by Gasteiger charge is -2.20. The monoisotopic (exact) mass is 229 g/mol. The van der Waals surface area contributed by atoms with Gasteiger partial charge in [-0.05, 0) is 25.0 Å². The highest BCUT2D eigenvalue weighted by Gasteiger charge is 2.09. The second-order valence-electron chi connectivity index (χ2n) is 4.78. The Morgan fingerprint density at radius 1 is 1.18 bits per heavy atom. The fourth-order valence-electron chi connectivity index (χ4n) is 1.74. The number of hydrogen-bond acceptors (Lipinski definition) is 3. The molecular weight excluding hydrogens is 210 g/mol. The molecule has 0 radical (unpaired) electrons. The Labute approximate surface area is 102 Å². The van der Waals surface area contributed by atoms with Crippen molar-refractivity contribution < 1.29 is 0 Å². The van der Waals surface area contributed by atoms with Crippen molar-refractivity contribution >= 4 is 22.3 Å². The minimum Gasteiger partial charge on any atom is -0.397 e. The minimum absolute atomic E-state index is 0.419. The largest absolute Gasteiger partial charge is 0.397 e. The highest BCUT2D eigenvalue weighted by atomic mass is 14.9. The van der Waals surface area contributed by atoms with Crippen LogP contribution in [0.3, 0.4) is 0 Å². The minimum atomic E-state index is 0.419. The normalized spacial score (nSPS) is 12.9. The fraction of sp³-hybridized carbons (Fsp3) is 0.357. The molecule has 1 atom stereocenters. The molecule has 3 N–H and O–H groups in total. The maximum absolute atomic E-state index is 5.93. The van der Waals surface area contributed by atoms with Gasteiger partial charge in [0.2, 0.25) is 0 Å². The molecule has 0 fully saturated rings. The van der Waals surface area contributed by atoms with Crippen molar-refractivity contribution in [2.24, 2.45) is 5.92 Å². The van der Waals surface area contributed by atoms with E-state index in [1.165, 1.54) is 0 Å². The van der Waals surface area contributed by atoms with E-state index in [1.54, 1.807) is 6.20 Å². The molecule has 0 saturated heterocycles. The van der Waals surface area contributed by atoms with Gasteiger partial charge in [0.15, 0.2) is 0 Å². The second kappa shape index (κ2) is 4.62. The average molecular weight is 229 g/mol. The summed E-state index contributed by atoms with van der Waals surface area (Å²) in [6, 6.07) is 8.31. The Morgan fingerprint density at radius 2 is 1.94 bits per heavy atom. The standard InChI is InChI=1S/C14H19N3/c1-9(2)10(3)17-13-7-8-16-14-11(13)5-4-6-12(14)15/h4-10H,15H2,1-3H3,(H,16,17). The van der Waals surface area contributed by atoms with E-state index in [9.17, 15) is 0 Å². The third kappa shape index (κ3) is 2.33. The van der Waals surface area contributed by atoms with E-state index in [-0.39, 0.29) is 0 Å². The molecule has 17 heavy (non-hydrogen) atoms. The summed E-state index contributed by atoms with van der Waals surface area (Å²) in [5.41, 5.74) is 8.62. The van der Waals surface area contributed by atoms with Gasteiger partial charge < -0.3 is 11.1 Å². The zero-order chi connectivity index (χ0) is 12.4. The maximum Gasteiger partial charge on any atom is 0.0951 e. The van der Waals surface area contributed by atoms with Gasteiger partial charge in [0.05, 0.1) is 11.2 Å². The van der Waals surface area contributed by atoms with Crippen LogP contribution in [0.5, 0.6) is 0 Å². The molecule has 2 rings (SSSR count). The Hall–Kier alpha value is -1.77. The lowest BCUT2D eigenvalue weighted by Crippen LogP contribution is -2.21. The van der Waals surface area contributed by atoms with Gasteiger partial charge in [0, 0.05) is 23.3 Å². The molecule has 1 unspecified atom stereocenters. The molecule has 0 saturated carbocycles. The summed E-state index contributed by atoms with van der Waals surface area (Å²) in [4.78, 5) is 4.33. The van der Waals surface area contributed by atoms with E-state index >= 15 is 0 Å². The molecule has 90 valence electrons. The van der Waals surface area contributed by atoms with E-state index < -0.39 is 0 Å². The van der Waals surface area contributed by atoms with Gasteiger partial charge in [0.25, 0.3) is 0 Å². The predicted molar refractivity (Wildman–Crippen MR) is 74.1 cm³/mol. The molecule has 0 amide bonds. The number of para-hydroxylation sites is 1. The molecule has 1 aromatic heterocycles. The van der Waals surface area contributed by atoms with Gasteiger partial charge >= 0.3 is 0 Å². The zero-order valence-corrected chi connectivity index (χ0v) is 10.6. The summed E-state index contributed by atoms with van der Waals surface area (Å²) >= 11 is 0. The van der Waals surface area contributed by atoms with Crippen LogP contribution in [0.4, 0.5) is 11.4 Å². The van der Waals surface area contributed by atoms with Crippen molar-refractivity contribution in [2.45, 2.75) is 26.8 Å². The summed E-state index contributed by atoms with van der Waals surface area (Å²) in [6.45, 7) is 6.59. The molecule has 1 heterocycles. The predicted octanol–water partition coefficient (Wildman–Crippen LogP) is 3.27. The van der Waals surface area contributed by atoms with Gasteiger partial charge in [-0.2, -0.15) is 0 Å². The number of hydrogen-bond donors (Lipinski definition) is 2. The van der Waals surface area contributed by atoms with Crippen molar-refractivity contribution in [2.75, 3.05) is 11.1 Å². The number of nitrogens with zero attached hydrogens (tertiary/aromatic N) is 1. The lowest BCUT2D eigenvalue weighted by molar-refractivity contribution is 0.560. The molecule has 1 aromatic carbocycles. The molecule has 0 spiro atoms. The number of pyridine rings is 1. The molecule has 2 aromatic rings. The number of nitrogens with two attached hydrogens (primary N) is 1. The Bertz CT molecular complexity index is 520. The van der Waals surface area contributed by atoms with E-state index in [2.05, 4.69) is 31.1 Å². The number of nitrogens with one attached hydrogen (secondary N) is 1. The molecule has 3 nitrogen and oxygen atoms in total. The Morgan fingerprint density at radius 3 is 2.65 bits per heavy atom. The number of rotatable bonds is 3. The van der Waals surface area contributed by atoms with Gasteiger partial charge in [-0.1, -0.05) is 26.0 Å². The van der Waals surface area contributed by atoms with E-state index in [0.29, 0.717) is 12.0 Å². The molecule has 0 aliphatic carbocycles. The second-order valence-corrected chi connectivity index (χ2v) is 4.78. The zero-order valence-electron chi connectivity index (χ0n) is 10.6. The van der Waals surface area contributed by atoms with E-state index in [1.807, 2.05) is 24.3 Å².